The second-order valence-corrected chi connectivity index (χ2v) is 3.87. The topological polar surface area (TPSA) is 77.4 Å². The second kappa shape index (κ2) is 13.6. The smallest absolute Gasteiger partial charge is 0.328 e. The first-order chi connectivity index (χ1) is 6.62. The molecule has 0 fully saturated rings. The average molecular weight is 248 g/mol. The molecule has 0 heterocycles. The van der Waals surface area contributed by atoms with E-state index in [1.807, 2.05) is 13.8 Å². The monoisotopic (exact) mass is 248 g/mol. The molecule has 0 aromatic heterocycles. The number of hydrogen-bond donors (Lipinski definition) is 2. The van der Waals surface area contributed by atoms with Gasteiger partial charge in [0.2, 0.25) is 0 Å². The Balaban J connectivity index is 0. The lowest BCUT2D eigenvalue weighted by Crippen LogP contribution is -1.87. The molecule has 0 amide bonds. The third-order valence-corrected chi connectivity index (χ3v) is 2.37. The minimum atomic E-state index is -1.58. The van der Waals surface area contributed by atoms with Gasteiger partial charge in [-0.15, -0.1) is 0 Å². The van der Waals surface area contributed by atoms with Gasteiger partial charge in [-0.1, -0.05) is 0 Å². The Labute approximate surface area is 87.1 Å². The van der Waals surface area contributed by atoms with Crippen molar-refractivity contribution in [2.24, 2.45) is 0 Å². The van der Waals surface area contributed by atoms with Crippen LogP contribution in [0, 0.1) is 0 Å². The highest BCUT2D eigenvalue weighted by atomic mass is 31.2. The van der Waals surface area contributed by atoms with Crippen LogP contribution < -0.4 is 0 Å². The zero-order valence-corrected chi connectivity index (χ0v) is 10.6. The molecule has 0 aliphatic rings. The van der Waals surface area contributed by atoms with Gasteiger partial charge < -0.3 is 27.9 Å². The molecule has 0 aliphatic carbocycles. The molecule has 0 spiro atoms. The van der Waals surface area contributed by atoms with E-state index in [-0.39, 0.29) is 0 Å². The predicted molar refractivity (Wildman–Crippen MR) is 55.5 cm³/mol. The lowest BCUT2D eigenvalue weighted by atomic mass is 10.9. The summed E-state index contributed by atoms with van der Waals surface area (Å²) in [5, 5.41) is 0. The minimum absolute atomic E-state index is 0.502. The van der Waals surface area contributed by atoms with Crippen molar-refractivity contribution in [1.29, 1.82) is 0 Å². The van der Waals surface area contributed by atoms with Crippen LogP contribution in [0.1, 0.15) is 13.8 Å². The Hall–Kier alpha value is 0.620. The van der Waals surface area contributed by atoms with Crippen molar-refractivity contribution < 1.29 is 27.9 Å². The van der Waals surface area contributed by atoms with Gasteiger partial charge in [0.25, 0.3) is 0 Å². The van der Waals surface area contributed by atoms with E-state index in [1.165, 1.54) is 14.2 Å². The minimum Gasteiger partial charge on any atom is -0.328 e. The predicted octanol–water partition coefficient (Wildman–Crippen LogP) is 1.78. The van der Waals surface area contributed by atoms with E-state index in [2.05, 4.69) is 18.1 Å². The molecule has 0 aliphatic heterocycles. The van der Waals surface area contributed by atoms with Gasteiger partial charge in [0.05, 0.1) is 13.2 Å². The summed E-state index contributed by atoms with van der Waals surface area (Å²) in [4.78, 5) is 17.0. The standard InChI is InChI=1S/C4H11O3P.C2H7O3P/c1-3-6-8(5)7-4-2;1-4-6(3)5-2/h5H,3-4H2,1-2H3;3H,1-2H3. The zero-order chi connectivity index (χ0) is 11.4. The molecule has 0 bridgehead atoms. The van der Waals surface area contributed by atoms with Gasteiger partial charge >= 0.3 is 17.2 Å². The quantitative estimate of drug-likeness (QED) is 0.697. The molecule has 0 unspecified atom stereocenters. The Morgan fingerprint density at radius 3 is 1.36 bits per heavy atom. The first kappa shape index (κ1) is 17.0. The molecule has 0 saturated heterocycles. The van der Waals surface area contributed by atoms with Crippen LogP contribution >= 0.6 is 17.2 Å². The molecule has 2 N–H and O–H groups in total. The maximum absolute atomic E-state index is 8.67. The van der Waals surface area contributed by atoms with E-state index in [9.17, 15) is 0 Å². The molecular formula is C6H18O6P2. The third kappa shape index (κ3) is 15.1. The van der Waals surface area contributed by atoms with Gasteiger partial charge in [-0.05, 0) is 13.8 Å². The fraction of sp³-hybridized carbons (Fsp3) is 1.00. The molecule has 8 heteroatoms. The van der Waals surface area contributed by atoms with E-state index in [0.29, 0.717) is 13.2 Å². The van der Waals surface area contributed by atoms with Gasteiger partial charge in [-0.3, -0.25) is 0 Å². The van der Waals surface area contributed by atoms with Gasteiger partial charge in [0.15, 0.2) is 0 Å². The van der Waals surface area contributed by atoms with Crippen LogP contribution in [0.3, 0.4) is 0 Å². The summed E-state index contributed by atoms with van der Waals surface area (Å²) in [5.41, 5.74) is 0. The second-order valence-electron chi connectivity index (χ2n) is 1.68. The van der Waals surface area contributed by atoms with Crippen LogP contribution in [-0.2, 0) is 18.1 Å². The van der Waals surface area contributed by atoms with Crippen LogP contribution in [0.25, 0.3) is 0 Å². The third-order valence-electron chi connectivity index (χ3n) is 0.791. The number of rotatable bonds is 6. The van der Waals surface area contributed by atoms with E-state index in [4.69, 9.17) is 9.79 Å². The molecular weight excluding hydrogens is 230 g/mol. The molecule has 14 heavy (non-hydrogen) atoms. The summed E-state index contributed by atoms with van der Waals surface area (Å²) in [6.07, 6.45) is 0. The first-order valence-corrected chi connectivity index (χ1v) is 6.20. The van der Waals surface area contributed by atoms with Crippen molar-refractivity contribution in [3.05, 3.63) is 0 Å². The van der Waals surface area contributed by atoms with Crippen LogP contribution in [0.4, 0.5) is 0 Å². The Morgan fingerprint density at radius 1 is 0.857 bits per heavy atom. The highest BCUT2D eigenvalue weighted by molar-refractivity contribution is 7.40. The fourth-order valence-electron chi connectivity index (χ4n) is 0.333. The Kier molecular flexibility index (Phi) is 16.6. The molecule has 6 nitrogen and oxygen atoms in total. The summed E-state index contributed by atoms with van der Waals surface area (Å²) >= 11 is 0. The molecule has 0 aromatic rings. The summed E-state index contributed by atoms with van der Waals surface area (Å²) in [6.45, 7) is 4.62. The van der Waals surface area contributed by atoms with Crippen molar-refractivity contribution >= 4 is 17.2 Å². The van der Waals surface area contributed by atoms with Crippen molar-refractivity contribution in [2.45, 2.75) is 13.8 Å². The number of hydrogen-bond acceptors (Lipinski definition) is 6. The molecule has 88 valence electrons. The van der Waals surface area contributed by atoms with Crippen molar-refractivity contribution in [1.82, 2.24) is 0 Å². The maximum Gasteiger partial charge on any atom is 0.329 e. The molecule has 0 saturated carbocycles. The fourth-order valence-corrected chi connectivity index (χ4v) is 0.998. The summed E-state index contributed by atoms with van der Waals surface area (Å²) in [6, 6.07) is 0. The highest BCUT2D eigenvalue weighted by Crippen LogP contribution is 2.31. The van der Waals surface area contributed by atoms with Crippen LogP contribution in [0.2, 0.25) is 0 Å². The normalized spacial score (nSPS) is 10.3. The van der Waals surface area contributed by atoms with E-state index < -0.39 is 17.2 Å². The molecule has 0 radical (unpaired) electrons. The largest absolute Gasteiger partial charge is 0.329 e. The van der Waals surface area contributed by atoms with Gasteiger partial charge in [0, 0.05) is 14.2 Å². The van der Waals surface area contributed by atoms with E-state index >= 15 is 0 Å². The first-order valence-electron chi connectivity index (χ1n) is 3.94. The van der Waals surface area contributed by atoms with Crippen molar-refractivity contribution in [3.8, 4) is 0 Å². The van der Waals surface area contributed by atoms with Crippen LogP contribution in [0.5, 0.6) is 0 Å². The SMILES string of the molecule is CCOP(O)OCC.COP(O)OC. The molecule has 0 aromatic carbocycles. The summed E-state index contributed by atoms with van der Waals surface area (Å²) < 4.78 is 18.0. The maximum atomic E-state index is 8.67. The molecule has 0 atom stereocenters. The molecule has 0 rings (SSSR count). The summed E-state index contributed by atoms with van der Waals surface area (Å²) in [7, 11) is -0.389. The van der Waals surface area contributed by atoms with Crippen LogP contribution in [-0.4, -0.2) is 37.2 Å². The van der Waals surface area contributed by atoms with Gasteiger partial charge in [-0.2, -0.15) is 0 Å². The van der Waals surface area contributed by atoms with E-state index in [1.54, 1.807) is 0 Å². The van der Waals surface area contributed by atoms with Gasteiger partial charge in [-0.25, -0.2) is 0 Å². The lowest BCUT2D eigenvalue weighted by molar-refractivity contribution is 0.216. The lowest BCUT2D eigenvalue weighted by Gasteiger charge is -2.05. The van der Waals surface area contributed by atoms with Crippen LogP contribution in [0.15, 0.2) is 0 Å². The highest BCUT2D eigenvalue weighted by Gasteiger charge is 2.00. The summed E-state index contributed by atoms with van der Waals surface area (Å²) in [5.74, 6) is 0. The average Bonchev–Trinajstić information content (AvgIpc) is 2.18. The Morgan fingerprint density at radius 2 is 1.21 bits per heavy atom. The van der Waals surface area contributed by atoms with Gasteiger partial charge in [0.1, 0.15) is 0 Å². The van der Waals surface area contributed by atoms with Crippen molar-refractivity contribution in [2.75, 3.05) is 27.4 Å². The van der Waals surface area contributed by atoms with E-state index in [0.717, 1.165) is 0 Å². The zero-order valence-electron chi connectivity index (χ0n) is 8.84. The Bertz CT molecular complexity index is 96.3. The van der Waals surface area contributed by atoms with Crippen molar-refractivity contribution in [3.63, 3.8) is 0 Å².